The monoisotopic (exact) mass is 346 g/mol. The third-order valence-electron chi connectivity index (χ3n) is 2.83. The van der Waals surface area contributed by atoms with E-state index in [4.69, 9.17) is 4.74 Å². The number of carbonyl (C=O) groups excluding carboxylic acids is 1. The second-order valence-corrected chi connectivity index (χ2v) is 8.16. The molecule has 2 rings (SSSR count). The van der Waals surface area contributed by atoms with Crippen LogP contribution in [0.2, 0.25) is 0 Å². The molecule has 0 aliphatic heterocycles. The maximum atomic E-state index is 11.6. The van der Waals surface area contributed by atoms with Gasteiger partial charge in [-0.1, -0.05) is 0 Å². The second-order valence-electron chi connectivity index (χ2n) is 5.65. The van der Waals surface area contributed by atoms with Crippen LogP contribution in [0.25, 0.3) is 0 Å². The molecule has 0 aromatic carbocycles. The van der Waals surface area contributed by atoms with E-state index in [-0.39, 0.29) is 6.04 Å². The summed E-state index contributed by atoms with van der Waals surface area (Å²) in [5, 5.41) is 0. The fraction of sp³-hybridized carbons (Fsp3) is 0.615. The minimum atomic E-state index is -0.477. The molecular weight excluding hydrogens is 328 g/mol. The smallest absolute Gasteiger partial charge is 0.422 e. The molecule has 2 N–H and O–H groups in total. The highest BCUT2D eigenvalue weighted by molar-refractivity contribution is 9.11. The van der Waals surface area contributed by atoms with E-state index in [0.717, 1.165) is 23.0 Å². The summed E-state index contributed by atoms with van der Waals surface area (Å²) in [5.41, 5.74) is 6.51. The summed E-state index contributed by atoms with van der Waals surface area (Å²) < 4.78 is 6.34. The molecule has 1 heterocycles. The van der Waals surface area contributed by atoms with Gasteiger partial charge in [-0.2, -0.15) is 0 Å². The van der Waals surface area contributed by atoms with E-state index in [9.17, 15) is 4.79 Å². The molecule has 1 atom stereocenters. The lowest BCUT2D eigenvalue weighted by Crippen LogP contribution is -2.43. The Labute approximate surface area is 126 Å². The summed E-state index contributed by atoms with van der Waals surface area (Å²) in [7, 11) is 0. The molecule has 6 heteroatoms. The zero-order valence-corrected chi connectivity index (χ0v) is 13.8. The molecule has 0 bridgehead atoms. The molecule has 1 aliphatic carbocycles. The number of halogens is 1. The van der Waals surface area contributed by atoms with Gasteiger partial charge in [0.2, 0.25) is 0 Å². The van der Waals surface area contributed by atoms with E-state index >= 15 is 0 Å². The maximum Gasteiger partial charge on any atom is 0.422 e. The van der Waals surface area contributed by atoms with Crippen molar-refractivity contribution in [1.29, 1.82) is 0 Å². The number of hydrazine groups is 1. The standard InChI is InChI=1S/C13H19BrN2O2S/c1-13(2,3)18-12(17)16-15-9-5-4-6-10-8(9)7-11(14)19-10/h7,9,15H,4-6H2,1-3H3,(H,16,17). The average Bonchev–Trinajstić information content (AvgIpc) is 2.64. The van der Waals surface area contributed by atoms with Gasteiger partial charge in [0.1, 0.15) is 5.60 Å². The van der Waals surface area contributed by atoms with Gasteiger partial charge < -0.3 is 4.74 Å². The normalized spacial score (nSPS) is 18.8. The summed E-state index contributed by atoms with van der Waals surface area (Å²) in [4.78, 5) is 13.0. The van der Waals surface area contributed by atoms with Gasteiger partial charge in [-0.15, -0.1) is 11.3 Å². The number of hydrogen-bond donors (Lipinski definition) is 2. The van der Waals surface area contributed by atoms with E-state index in [1.165, 1.54) is 10.4 Å². The number of amides is 1. The topological polar surface area (TPSA) is 50.4 Å². The minimum absolute atomic E-state index is 0.166. The van der Waals surface area contributed by atoms with Crippen LogP contribution in [-0.4, -0.2) is 11.7 Å². The van der Waals surface area contributed by atoms with Gasteiger partial charge in [-0.3, -0.25) is 5.43 Å². The minimum Gasteiger partial charge on any atom is -0.443 e. The molecule has 0 saturated heterocycles. The van der Waals surface area contributed by atoms with Gasteiger partial charge in [0.15, 0.2) is 0 Å². The fourth-order valence-electron chi connectivity index (χ4n) is 2.12. The Morgan fingerprint density at radius 2 is 2.26 bits per heavy atom. The second kappa shape index (κ2) is 5.81. The first-order valence-corrected chi connectivity index (χ1v) is 7.99. The Morgan fingerprint density at radius 3 is 2.95 bits per heavy atom. The van der Waals surface area contributed by atoms with Crippen LogP contribution in [0.3, 0.4) is 0 Å². The van der Waals surface area contributed by atoms with E-state index in [2.05, 4.69) is 32.8 Å². The van der Waals surface area contributed by atoms with Crippen molar-refractivity contribution in [3.05, 3.63) is 20.3 Å². The predicted molar refractivity (Wildman–Crippen MR) is 80.2 cm³/mol. The Kier molecular flexibility index (Phi) is 4.53. The molecule has 4 nitrogen and oxygen atoms in total. The molecule has 1 aliphatic rings. The fourth-order valence-corrected chi connectivity index (χ4v) is 3.94. The lowest BCUT2D eigenvalue weighted by atomic mass is 9.95. The molecule has 1 aromatic rings. The largest absolute Gasteiger partial charge is 0.443 e. The van der Waals surface area contributed by atoms with Crippen LogP contribution in [0.1, 0.15) is 50.1 Å². The van der Waals surface area contributed by atoms with E-state index in [0.29, 0.717) is 0 Å². The lowest BCUT2D eigenvalue weighted by molar-refractivity contribution is 0.0485. The van der Waals surface area contributed by atoms with Crippen molar-refractivity contribution in [3.63, 3.8) is 0 Å². The zero-order valence-electron chi connectivity index (χ0n) is 11.4. The summed E-state index contributed by atoms with van der Waals surface area (Å²) in [5.74, 6) is 0. The summed E-state index contributed by atoms with van der Waals surface area (Å²) in [6, 6.07) is 2.30. The molecule has 1 aromatic heterocycles. The molecule has 19 heavy (non-hydrogen) atoms. The van der Waals surface area contributed by atoms with E-state index in [1.54, 1.807) is 11.3 Å². The SMILES string of the molecule is CC(C)(C)OC(=O)NNC1CCCc2sc(Br)cc21. The van der Waals surface area contributed by atoms with Crippen LogP contribution >= 0.6 is 27.3 Å². The van der Waals surface area contributed by atoms with Crippen molar-refractivity contribution in [3.8, 4) is 0 Å². The number of carbonyl (C=O) groups is 1. The molecular formula is C13H19BrN2O2S. The first-order chi connectivity index (χ1) is 8.85. The van der Waals surface area contributed by atoms with Gasteiger partial charge >= 0.3 is 6.09 Å². The maximum absolute atomic E-state index is 11.6. The molecule has 0 radical (unpaired) electrons. The number of nitrogens with one attached hydrogen (secondary N) is 2. The van der Waals surface area contributed by atoms with Crippen LogP contribution in [0.15, 0.2) is 9.85 Å². The van der Waals surface area contributed by atoms with Crippen molar-refractivity contribution in [2.75, 3.05) is 0 Å². The Hall–Kier alpha value is -0.590. The molecule has 0 saturated carbocycles. The quantitative estimate of drug-likeness (QED) is 0.798. The lowest BCUT2D eigenvalue weighted by Gasteiger charge is -2.25. The van der Waals surface area contributed by atoms with Gasteiger partial charge in [0, 0.05) is 4.88 Å². The highest BCUT2D eigenvalue weighted by atomic mass is 79.9. The van der Waals surface area contributed by atoms with Crippen LogP contribution in [0.5, 0.6) is 0 Å². The van der Waals surface area contributed by atoms with E-state index in [1.807, 2.05) is 20.8 Å². The van der Waals surface area contributed by atoms with Gasteiger partial charge in [-0.05, 0) is 67.6 Å². The summed E-state index contributed by atoms with van der Waals surface area (Å²) >= 11 is 5.29. The first-order valence-electron chi connectivity index (χ1n) is 6.38. The first kappa shape index (κ1) is 14.8. The van der Waals surface area contributed by atoms with Crippen molar-refractivity contribution >= 4 is 33.4 Å². The predicted octanol–water partition coefficient (Wildman–Crippen LogP) is 3.92. The third-order valence-corrected chi connectivity index (χ3v) is 4.54. The van der Waals surface area contributed by atoms with Gasteiger partial charge in [0.25, 0.3) is 0 Å². The van der Waals surface area contributed by atoms with Crippen LogP contribution in [-0.2, 0) is 11.2 Å². The highest BCUT2D eigenvalue weighted by Crippen LogP contribution is 2.37. The number of ether oxygens (including phenoxy) is 1. The van der Waals surface area contributed by atoms with Gasteiger partial charge in [-0.25, -0.2) is 10.2 Å². The van der Waals surface area contributed by atoms with Crippen molar-refractivity contribution in [2.24, 2.45) is 0 Å². The van der Waals surface area contributed by atoms with Crippen LogP contribution < -0.4 is 10.9 Å². The van der Waals surface area contributed by atoms with Crippen LogP contribution in [0.4, 0.5) is 4.79 Å². The average molecular weight is 347 g/mol. The summed E-state index contributed by atoms with van der Waals surface area (Å²) in [6.07, 6.45) is 2.84. The Morgan fingerprint density at radius 1 is 1.53 bits per heavy atom. The molecule has 0 fully saturated rings. The zero-order chi connectivity index (χ0) is 14.0. The number of hydrogen-bond acceptors (Lipinski definition) is 4. The van der Waals surface area contributed by atoms with Gasteiger partial charge in [0.05, 0.1) is 9.83 Å². The Balaban J connectivity index is 1.92. The van der Waals surface area contributed by atoms with Crippen molar-refractivity contribution < 1.29 is 9.53 Å². The molecule has 1 amide bonds. The number of aryl methyl sites for hydroxylation is 1. The van der Waals surface area contributed by atoms with Crippen molar-refractivity contribution in [2.45, 2.75) is 51.7 Å². The molecule has 106 valence electrons. The molecule has 0 spiro atoms. The number of fused-ring (bicyclic) bond motifs is 1. The third kappa shape index (κ3) is 4.19. The van der Waals surface area contributed by atoms with Crippen LogP contribution in [0, 0.1) is 0 Å². The Bertz CT molecular complexity index is 468. The summed E-state index contributed by atoms with van der Waals surface area (Å²) in [6.45, 7) is 5.55. The molecule has 1 unspecified atom stereocenters. The number of rotatable bonds is 2. The highest BCUT2D eigenvalue weighted by Gasteiger charge is 2.23. The van der Waals surface area contributed by atoms with Crippen molar-refractivity contribution in [1.82, 2.24) is 10.9 Å². The number of thiophene rings is 1. The van der Waals surface area contributed by atoms with E-state index < -0.39 is 11.7 Å².